The lowest BCUT2D eigenvalue weighted by Crippen LogP contribution is -2.52. The third kappa shape index (κ3) is 4.84. The van der Waals surface area contributed by atoms with Crippen molar-refractivity contribution in [3.05, 3.63) is 84.2 Å². The van der Waals surface area contributed by atoms with E-state index in [1.807, 2.05) is 0 Å². The molecule has 0 radical (unpaired) electrons. The lowest BCUT2D eigenvalue weighted by molar-refractivity contribution is -0.0815. The number of halogens is 4. The Kier molecular flexibility index (Phi) is 6.46. The fourth-order valence-corrected chi connectivity index (χ4v) is 3.43. The molecule has 0 aliphatic rings. The number of hydrogen-bond acceptors (Lipinski definition) is 4. The van der Waals surface area contributed by atoms with Crippen LogP contribution in [0.25, 0.3) is 22.5 Å². The largest absolute Gasteiger partial charge is 0.390 e. The molecule has 34 heavy (non-hydrogen) atoms. The molecule has 0 saturated heterocycles. The van der Waals surface area contributed by atoms with Gasteiger partial charge >= 0.3 is 0 Å². The first-order valence-corrected chi connectivity index (χ1v) is 10.2. The number of carbonyl (C=O) groups excluding carboxylic acids is 1. The van der Waals surface area contributed by atoms with Gasteiger partial charge in [0, 0.05) is 23.5 Å². The van der Waals surface area contributed by atoms with Crippen LogP contribution in [0.15, 0.2) is 67.0 Å². The maximum Gasteiger partial charge on any atom is 0.292 e. The average molecular weight is 473 g/mol. The van der Waals surface area contributed by atoms with E-state index in [-0.39, 0.29) is 16.8 Å². The number of nitrogens with zero attached hydrogens (tertiary/aromatic N) is 3. The number of aromatic amines is 1. The van der Waals surface area contributed by atoms with Crippen LogP contribution in [0.5, 0.6) is 0 Å². The summed E-state index contributed by atoms with van der Waals surface area (Å²) in [5.74, 6) is -5.85. The van der Waals surface area contributed by atoms with Gasteiger partial charge in [-0.3, -0.25) is 14.6 Å². The Hall–Kier alpha value is -3.99. The van der Waals surface area contributed by atoms with Crippen LogP contribution in [0, 0.1) is 11.6 Å². The highest BCUT2D eigenvalue weighted by atomic mass is 19.3. The predicted octanol–water partition coefficient (Wildman–Crippen LogP) is 3.64. The zero-order chi connectivity index (χ0) is 24.3. The second-order valence-corrected chi connectivity index (χ2v) is 7.51. The zero-order valence-electron chi connectivity index (χ0n) is 17.6. The molecule has 11 heteroatoms. The lowest BCUT2D eigenvalue weighted by Gasteiger charge is -2.26. The van der Waals surface area contributed by atoms with Crippen molar-refractivity contribution in [1.82, 2.24) is 25.3 Å². The molecule has 3 N–H and O–H groups in total. The SMILES string of the molecule is O=C(N[C@H](Cn1cccn1)C(F)(F)CO)c1cccc(F)c1-c1cc(-c2ccc(F)cc2)n[nH]1. The number of amides is 1. The number of carbonyl (C=O) groups is 1. The van der Waals surface area contributed by atoms with E-state index >= 15 is 0 Å². The van der Waals surface area contributed by atoms with Crippen LogP contribution < -0.4 is 5.32 Å². The van der Waals surface area contributed by atoms with E-state index in [0.29, 0.717) is 11.3 Å². The summed E-state index contributed by atoms with van der Waals surface area (Å²) in [6.07, 6.45) is 2.82. The van der Waals surface area contributed by atoms with E-state index in [2.05, 4.69) is 20.6 Å². The molecule has 1 atom stereocenters. The summed E-state index contributed by atoms with van der Waals surface area (Å²) in [6.45, 7) is -1.92. The molecule has 0 saturated carbocycles. The summed E-state index contributed by atoms with van der Waals surface area (Å²) in [7, 11) is 0. The minimum Gasteiger partial charge on any atom is -0.390 e. The second-order valence-electron chi connectivity index (χ2n) is 7.51. The molecule has 4 rings (SSSR count). The second kappa shape index (κ2) is 9.48. The molecule has 0 spiro atoms. The molecule has 0 unspecified atom stereocenters. The van der Waals surface area contributed by atoms with Crippen LogP contribution in [0.4, 0.5) is 17.6 Å². The molecule has 176 valence electrons. The molecule has 7 nitrogen and oxygen atoms in total. The van der Waals surface area contributed by atoms with E-state index in [9.17, 15) is 22.4 Å². The number of aliphatic hydroxyl groups excluding tert-OH is 1. The van der Waals surface area contributed by atoms with E-state index in [1.165, 1.54) is 65.6 Å². The number of alkyl halides is 2. The fraction of sp³-hybridized carbons (Fsp3) is 0.174. The van der Waals surface area contributed by atoms with Crippen molar-refractivity contribution >= 4 is 5.91 Å². The Labute approximate surface area is 191 Å². The van der Waals surface area contributed by atoms with Crippen LogP contribution in [0.1, 0.15) is 10.4 Å². The van der Waals surface area contributed by atoms with Gasteiger partial charge in [0.15, 0.2) is 0 Å². The van der Waals surface area contributed by atoms with Gasteiger partial charge in [-0.1, -0.05) is 6.07 Å². The van der Waals surface area contributed by atoms with Crippen molar-refractivity contribution in [3.63, 3.8) is 0 Å². The molecule has 2 heterocycles. The van der Waals surface area contributed by atoms with Crippen LogP contribution in [-0.4, -0.2) is 49.6 Å². The summed E-state index contributed by atoms with van der Waals surface area (Å²) >= 11 is 0. The monoisotopic (exact) mass is 473 g/mol. The Morgan fingerprint density at radius 2 is 1.91 bits per heavy atom. The van der Waals surface area contributed by atoms with Gasteiger partial charge in [-0.25, -0.2) is 17.6 Å². The molecule has 2 aromatic heterocycles. The number of rotatable bonds is 8. The van der Waals surface area contributed by atoms with Crippen molar-refractivity contribution in [2.75, 3.05) is 6.61 Å². The number of nitrogens with one attached hydrogen (secondary N) is 2. The molecular weight excluding hydrogens is 454 g/mol. The number of aromatic nitrogens is 4. The highest BCUT2D eigenvalue weighted by Gasteiger charge is 2.41. The highest BCUT2D eigenvalue weighted by molar-refractivity contribution is 6.01. The third-order valence-corrected chi connectivity index (χ3v) is 5.20. The quantitative estimate of drug-likeness (QED) is 0.341. The third-order valence-electron chi connectivity index (χ3n) is 5.20. The molecule has 1 amide bonds. The first-order chi connectivity index (χ1) is 16.3. The highest BCUT2D eigenvalue weighted by Crippen LogP contribution is 2.29. The van der Waals surface area contributed by atoms with Crippen LogP contribution in [0.2, 0.25) is 0 Å². The Morgan fingerprint density at radius 3 is 2.59 bits per heavy atom. The Morgan fingerprint density at radius 1 is 1.15 bits per heavy atom. The Bertz CT molecular complexity index is 1270. The number of hydrogen-bond donors (Lipinski definition) is 3. The fourth-order valence-electron chi connectivity index (χ4n) is 3.43. The van der Waals surface area contributed by atoms with Crippen molar-refractivity contribution in [2.24, 2.45) is 0 Å². The minimum atomic E-state index is -3.67. The summed E-state index contributed by atoms with van der Waals surface area (Å²) in [4.78, 5) is 13.0. The van der Waals surface area contributed by atoms with Gasteiger partial charge in [0.1, 0.15) is 24.3 Å². The van der Waals surface area contributed by atoms with Crippen LogP contribution >= 0.6 is 0 Å². The maximum atomic E-state index is 14.8. The smallest absolute Gasteiger partial charge is 0.292 e. The zero-order valence-corrected chi connectivity index (χ0v) is 17.6. The van der Waals surface area contributed by atoms with Crippen molar-refractivity contribution in [2.45, 2.75) is 18.5 Å². The normalized spacial score (nSPS) is 12.5. The van der Waals surface area contributed by atoms with E-state index in [0.717, 1.165) is 6.07 Å². The topological polar surface area (TPSA) is 95.8 Å². The van der Waals surface area contributed by atoms with Gasteiger partial charge in [0.05, 0.1) is 23.5 Å². The van der Waals surface area contributed by atoms with Crippen molar-refractivity contribution in [3.8, 4) is 22.5 Å². The van der Waals surface area contributed by atoms with Gasteiger partial charge in [-0.05, 0) is 48.5 Å². The molecule has 0 bridgehead atoms. The molecule has 0 aliphatic heterocycles. The van der Waals surface area contributed by atoms with Gasteiger partial charge < -0.3 is 10.4 Å². The average Bonchev–Trinajstić information content (AvgIpc) is 3.51. The van der Waals surface area contributed by atoms with Crippen molar-refractivity contribution in [1.29, 1.82) is 0 Å². The maximum absolute atomic E-state index is 14.8. The van der Waals surface area contributed by atoms with E-state index in [4.69, 9.17) is 5.11 Å². The summed E-state index contributed by atoms with van der Waals surface area (Å²) in [5, 5.41) is 21.9. The predicted molar refractivity (Wildman–Crippen MR) is 115 cm³/mol. The van der Waals surface area contributed by atoms with Crippen molar-refractivity contribution < 1.29 is 27.5 Å². The molecule has 2 aromatic carbocycles. The first kappa shape index (κ1) is 23.2. The molecular formula is C23H19F4N5O2. The van der Waals surface area contributed by atoms with E-state index in [1.54, 1.807) is 0 Å². The van der Waals surface area contributed by atoms with Gasteiger partial charge in [0.2, 0.25) is 0 Å². The molecule has 0 aliphatic carbocycles. The summed E-state index contributed by atoms with van der Waals surface area (Å²) < 4.78 is 58.0. The number of aliphatic hydroxyl groups is 1. The van der Waals surface area contributed by atoms with Gasteiger partial charge in [0.25, 0.3) is 11.8 Å². The summed E-state index contributed by atoms with van der Waals surface area (Å²) in [5.41, 5.74) is 0.653. The van der Waals surface area contributed by atoms with Gasteiger partial charge in [-0.15, -0.1) is 0 Å². The van der Waals surface area contributed by atoms with Gasteiger partial charge in [-0.2, -0.15) is 10.2 Å². The Balaban J connectivity index is 1.66. The number of benzene rings is 2. The standard InChI is InChI=1S/C23H19F4N5O2/c24-15-7-5-14(6-8-15)18-11-19(31-30-18)21-16(3-1-4-17(21)25)22(34)29-20(23(26,27)13-33)12-32-10-2-9-28-32/h1-11,20,33H,12-13H2,(H,29,34)(H,30,31)/t20-/m1/s1. The minimum absolute atomic E-state index is 0.125. The van der Waals surface area contributed by atoms with E-state index < -0.39 is 42.7 Å². The van der Waals surface area contributed by atoms with Crippen LogP contribution in [-0.2, 0) is 6.54 Å². The number of H-pyrrole nitrogens is 1. The lowest BCUT2D eigenvalue weighted by atomic mass is 10.0. The van der Waals surface area contributed by atoms with Crippen LogP contribution in [0.3, 0.4) is 0 Å². The molecule has 0 fully saturated rings. The molecule has 4 aromatic rings. The summed E-state index contributed by atoms with van der Waals surface area (Å²) in [6, 6.07) is 10.3. The first-order valence-electron chi connectivity index (χ1n) is 10.2.